The molecule has 0 spiro atoms. The lowest BCUT2D eigenvalue weighted by atomic mass is 10.2. The third-order valence-electron chi connectivity index (χ3n) is 5.20. The molecule has 0 radical (unpaired) electrons. The van der Waals surface area contributed by atoms with Crippen LogP contribution < -0.4 is 20.1 Å². The second-order valence-electron chi connectivity index (χ2n) is 7.62. The largest absolute Gasteiger partial charge is 0.497 e. The number of likely N-dealkylation sites (tertiary alicyclic amines) is 1. The molecule has 1 aliphatic rings. The van der Waals surface area contributed by atoms with E-state index in [4.69, 9.17) is 14.5 Å². The molecule has 8 nitrogen and oxygen atoms in total. The number of nitrogens with one attached hydrogen (secondary N) is 2. The van der Waals surface area contributed by atoms with Crippen LogP contribution >= 0.6 is 0 Å². The van der Waals surface area contributed by atoms with Gasteiger partial charge in [0.05, 0.1) is 20.4 Å². The van der Waals surface area contributed by atoms with Crippen LogP contribution in [0.3, 0.4) is 0 Å². The van der Waals surface area contributed by atoms with Gasteiger partial charge < -0.3 is 20.1 Å². The quantitative estimate of drug-likeness (QED) is 0.482. The van der Waals surface area contributed by atoms with Crippen LogP contribution in [0.25, 0.3) is 0 Å². The van der Waals surface area contributed by atoms with Crippen molar-refractivity contribution in [1.29, 1.82) is 0 Å². The van der Waals surface area contributed by atoms with Crippen LogP contribution in [0, 0.1) is 0 Å². The Morgan fingerprint density at radius 1 is 1.20 bits per heavy atom. The fourth-order valence-electron chi connectivity index (χ4n) is 3.72. The van der Waals surface area contributed by atoms with Crippen molar-refractivity contribution in [2.45, 2.75) is 32.4 Å². The highest BCUT2D eigenvalue weighted by Crippen LogP contribution is 2.24. The SMILES string of the molecule is CCNC(=NCCc1cnn(C)c1)NC1CCN(Cc2cc(OC)cc(OC)c2)C1. The molecule has 0 saturated carbocycles. The third kappa shape index (κ3) is 6.38. The number of methoxy groups -OCH3 is 2. The molecule has 0 aliphatic carbocycles. The van der Waals surface area contributed by atoms with E-state index in [1.165, 1.54) is 11.1 Å². The number of guanidine groups is 1. The van der Waals surface area contributed by atoms with Crippen molar-refractivity contribution in [2.75, 3.05) is 40.4 Å². The number of ether oxygens (including phenoxy) is 2. The normalized spacial score (nSPS) is 17.2. The number of hydrogen-bond acceptors (Lipinski definition) is 5. The molecular weight excluding hydrogens is 380 g/mol. The van der Waals surface area contributed by atoms with Crippen LogP contribution in [0.2, 0.25) is 0 Å². The lowest BCUT2D eigenvalue weighted by Gasteiger charge is -2.19. The van der Waals surface area contributed by atoms with E-state index >= 15 is 0 Å². The molecule has 1 aromatic carbocycles. The van der Waals surface area contributed by atoms with Crippen molar-refractivity contribution < 1.29 is 9.47 Å². The van der Waals surface area contributed by atoms with Gasteiger partial charge in [-0.3, -0.25) is 14.6 Å². The maximum Gasteiger partial charge on any atom is 0.191 e. The van der Waals surface area contributed by atoms with E-state index in [-0.39, 0.29) is 0 Å². The monoisotopic (exact) mass is 414 g/mol. The number of aliphatic imine (C=N–C) groups is 1. The number of aryl methyl sites for hydroxylation is 1. The molecule has 164 valence electrons. The Kier molecular flexibility index (Phi) is 7.96. The van der Waals surface area contributed by atoms with Crippen molar-refractivity contribution >= 4 is 5.96 Å². The predicted octanol–water partition coefficient (Wildman–Crippen LogP) is 1.81. The first-order valence-electron chi connectivity index (χ1n) is 10.6. The maximum absolute atomic E-state index is 5.39. The molecule has 2 N–H and O–H groups in total. The minimum atomic E-state index is 0.383. The van der Waals surface area contributed by atoms with E-state index in [1.807, 2.05) is 30.2 Å². The van der Waals surface area contributed by atoms with Gasteiger partial charge in [0.1, 0.15) is 11.5 Å². The summed E-state index contributed by atoms with van der Waals surface area (Å²) in [6.45, 7) is 6.58. The molecular formula is C22H34N6O2. The summed E-state index contributed by atoms with van der Waals surface area (Å²) in [7, 11) is 5.31. The molecule has 1 fully saturated rings. The molecule has 2 aromatic rings. The van der Waals surface area contributed by atoms with E-state index in [0.717, 1.165) is 63.0 Å². The van der Waals surface area contributed by atoms with Gasteiger partial charge in [-0.1, -0.05) is 0 Å². The van der Waals surface area contributed by atoms with Crippen molar-refractivity contribution in [1.82, 2.24) is 25.3 Å². The lowest BCUT2D eigenvalue weighted by molar-refractivity contribution is 0.321. The van der Waals surface area contributed by atoms with Crippen molar-refractivity contribution in [3.8, 4) is 11.5 Å². The third-order valence-corrected chi connectivity index (χ3v) is 5.20. The number of benzene rings is 1. The minimum absolute atomic E-state index is 0.383. The highest BCUT2D eigenvalue weighted by atomic mass is 16.5. The molecule has 1 unspecified atom stereocenters. The van der Waals surface area contributed by atoms with Crippen molar-refractivity contribution in [3.05, 3.63) is 41.7 Å². The summed E-state index contributed by atoms with van der Waals surface area (Å²) in [6, 6.07) is 6.44. The Labute approximate surface area is 179 Å². The van der Waals surface area contributed by atoms with Crippen molar-refractivity contribution in [2.24, 2.45) is 12.0 Å². The summed E-state index contributed by atoms with van der Waals surface area (Å²) in [5.74, 6) is 2.54. The molecule has 0 amide bonds. The van der Waals surface area contributed by atoms with Crippen LogP contribution in [-0.4, -0.2) is 67.1 Å². The summed E-state index contributed by atoms with van der Waals surface area (Å²) < 4.78 is 12.6. The predicted molar refractivity (Wildman–Crippen MR) is 119 cm³/mol. The molecule has 2 heterocycles. The van der Waals surface area contributed by atoms with Crippen molar-refractivity contribution in [3.63, 3.8) is 0 Å². The fraction of sp³-hybridized carbons (Fsp3) is 0.545. The topological polar surface area (TPSA) is 75.9 Å². The van der Waals surface area contributed by atoms with Crippen LogP contribution in [0.5, 0.6) is 11.5 Å². The standard InChI is InChI=1S/C22H34N6O2/c1-5-23-22(24-8-6-17-13-25-27(2)14-17)26-19-7-9-28(16-19)15-18-10-20(29-3)12-21(11-18)30-4/h10-14,19H,5-9,15-16H2,1-4H3,(H2,23,24,26). The molecule has 1 aliphatic heterocycles. The fourth-order valence-corrected chi connectivity index (χ4v) is 3.72. The Hall–Kier alpha value is -2.74. The number of hydrogen-bond donors (Lipinski definition) is 2. The number of aromatic nitrogens is 2. The van der Waals surface area contributed by atoms with Gasteiger partial charge in [0.15, 0.2) is 5.96 Å². The minimum Gasteiger partial charge on any atom is -0.497 e. The summed E-state index contributed by atoms with van der Waals surface area (Å²) in [5, 5.41) is 11.2. The summed E-state index contributed by atoms with van der Waals surface area (Å²) in [6.07, 6.45) is 5.92. The second-order valence-corrected chi connectivity index (χ2v) is 7.62. The average Bonchev–Trinajstić information content (AvgIpc) is 3.36. The van der Waals surface area contributed by atoms with Gasteiger partial charge in [0, 0.05) is 58.1 Å². The molecule has 1 atom stereocenters. The Bertz CT molecular complexity index is 813. The van der Waals surface area contributed by atoms with Gasteiger partial charge in [0.25, 0.3) is 0 Å². The van der Waals surface area contributed by atoms with Gasteiger partial charge in [-0.05, 0) is 43.0 Å². The summed E-state index contributed by atoms with van der Waals surface area (Å²) in [4.78, 5) is 7.19. The first kappa shape index (κ1) is 22.0. The first-order valence-corrected chi connectivity index (χ1v) is 10.6. The highest BCUT2D eigenvalue weighted by Gasteiger charge is 2.23. The van der Waals surface area contributed by atoms with Crippen LogP contribution in [0.4, 0.5) is 0 Å². The van der Waals surface area contributed by atoms with Gasteiger partial charge in [-0.25, -0.2) is 0 Å². The zero-order valence-corrected chi connectivity index (χ0v) is 18.5. The average molecular weight is 415 g/mol. The van der Waals surface area contributed by atoms with Gasteiger partial charge in [0.2, 0.25) is 0 Å². The molecule has 1 saturated heterocycles. The highest BCUT2D eigenvalue weighted by molar-refractivity contribution is 5.80. The zero-order chi connectivity index (χ0) is 21.3. The van der Waals surface area contributed by atoms with E-state index in [2.05, 4.69) is 39.7 Å². The molecule has 1 aromatic heterocycles. The first-order chi connectivity index (χ1) is 14.6. The molecule has 3 rings (SSSR count). The Balaban J connectivity index is 1.52. The summed E-state index contributed by atoms with van der Waals surface area (Å²) >= 11 is 0. The van der Waals surface area contributed by atoms with Crippen LogP contribution in [0.15, 0.2) is 35.6 Å². The van der Waals surface area contributed by atoms with Gasteiger partial charge in [-0.15, -0.1) is 0 Å². The van der Waals surface area contributed by atoms with E-state index in [9.17, 15) is 0 Å². The van der Waals surface area contributed by atoms with Crippen LogP contribution in [0.1, 0.15) is 24.5 Å². The molecule has 30 heavy (non-hydrogen) atoms. The lowest BCUT2D eigenvalue weighted by Crippen LogP contribution is -2.44. The molecule has 0 bridgehead atoms. The van der Waals surface area contributed by atoms with Crippen LogP contribution in [-0.2, 0) is 20.0 Å². The summed E-state index contributed by atoms with van der Waals surface area (Å²) in [5.41, 5.74) is 2.40. The van der Waals surface area contributed by atoms with E-state index in [0.29, 0.717) is 6.04 Å². The molecule has 8 heteroatoms. The number of rotatable bonds is 9. The smallest absolute Gasteiger partial charge is 0.191 e. The number of nitrogens with zero attached hydrogens (tertiary/aromatic N) is 4. The zero-order valence-electron chi connectivity index (χ0n) is 18.5. The van der Waals surface area contributed by atoms with Gasteiger partial charge >= 0.3 is 0 Å². The van der Waals surface area contributed by atoms with E-state index in [1.54, 1.807) is 14.2 Å². The Morgan fingerprint density at radius 3 is 2.60 bits per heavy atom. The second kappa shape index (κ2) is 10.9. The maximum atomic E-state index is 5.39. The Morgan fingerprint density at radius 2 is 1.97 bits per heavy atom. The van der Waals surface area contributed by atoms with E-state index < -0.39 is 0 Å². The van der Waals surface area contributed by atoms with Gasteiger partial charge in [-0.2, -0.15) is 5.10 Å².